The average Bonchev–Trinajstić information content (AvgIpc) is 3.13. The maximum Gasteiger partial charge on any atom is 0.180 e. The van der Waals surface area contributed by atoms with E-state index in [1.807, 2.05) is 67.3 Å². The minimum atomic E-state index is 0.703. The number of anilines is 3. The van der Waals surface area contributed by atoms with Gasteiger partial charge < -0.3 is 15.0 Å². The van der Waals surface area contributed by atoms with Gasteiger partial charge in [0.05, 0.1) is 19.0 Å². The highest BCUT2D eigenvalue weighted by molar-refractivity contribution is 5.77. The standard InChI is InChI=1S/C21H21N5O/c1-25(2)16-8-6-7-15(13-16)24-20-21-23-14-18(26(21)12-11-22-20)17-9-4-5-10-19(17)27-3/h4-14H,1-3H3,(H,22,24). The first-order chi connectivity index (χ1) is 13.2. The smallest absolute Gasteiger partial charge is 0.180 e. The fourth-order valence-corrected chi connectivity index (χ4v) is 3.06. The number of hydrogen-bond donors (Lipinski definition) is 1. The van der Waals surface area contributed by atoms with Crippen molar-refractivity contribution in [1.82, 2.24) is 14.4 Å². The van der Waals surface area contributed by atoms with E-state index >= 15 is 0 Å². The van der Waals surface area contributed by atoms with Crippen molar-refractivity contribution in [3.63, 3.8) is 0 Å². The van der Waals surface area contributed by atoms with E-state index in [2.05, 4.69) is 32.3 Å². The van der Waals surface area contributed by atoms with E-state index in [9.17, 15) is 0 Å². The van der Waals surface area contributed by atoms with Crippen LogP contribution in [0.4, 0.5) is 17.2 Å². The minimum Gasteiger partial charge on any atom is -0.496 e. The summed E-state index contributed by atoms with van der Waals surface area (Å²) in [5.74, 6) is 1.51. The van der Waals surface area contributed by atoms with Gasteiger partial charge in [0, 0.05) is 43.4 Å². The molecule has 2 heterocycles. The fourth-order valence-electron chi connectivity index (χ4n) is 3.06. The average molecular weight is 359 g/mol. The predicted molar refractivity (Wildman–Crippen MR) is 109 cm³/mol. The van der Waals surface area contributed by atoms with Gasteiger partial charge in [-0.05, 0) is 30.3 Å². The molecule has 6 heteroatoms. The lowest BCUT2D eigenvalue weighted by atomic mass is 10.1. The van der Waals surface area contributed by atoms with E-state index in [-0.39, 0.29) is 0 Å². The van der Waals surface area contributed by atoms with Crippen molar-refractivity contribution in [2.24, 2.45) is 0 Å². The second-order valence-electron chi connectivity index (χ2n) is 6.38. The lowest BCUT2D eigenvalue weighted by Crippen LogP contribution is -2.08. The van der Waals surface area contributed by atoms with Crippen LogP contribution >= 0.6 is 0 Å². The second-order valence-corrected chi connectivity index (χ2v) is 6.38. The number of benzene rings is 2. The lowest BCUT2D eigenvalue weighted by Gasteiger charge is -2.14. The summed E-state index contributed by atoms with van der Waals surface area (Å²) >= 11 is 0. The number of rotatable bonds is 5. The number of nitrogens with one attached hydrogen (secondary N) is 1. The Bertz CT molecular complexity index is 1090. The van der Waals surface area contributed by atoms with Gasteiger partial charge >= 0.3 is 0 Å². The first kappa shape index (κ1) is 16.9. The molecule has 0 bridgehead atoms. The van der Waals surface area contributed by atoms with Crippen molar-refractivity contribution < 1.29 is 4.74 Å². The van der Waals surface area contributed by atoms with Crippen LogP contribution in [0.5, 0.6) is 5.75 Å². The number of fused-ring (bicyclic) bond motifs is 1. The normalized spacial score (nSPS) is 10.8. The van der Waals surface area contributed by atoms with Crippen molar-refractivity contribution >= 4 is 22.8 Å². The van der Waals surface area contributed by atoms with Crippen LogP contribution in [-0.4, -0.2) is 35.6 Å². The Morgan fingerprint density at radius 2 is 1.89 bits per heavy atom. The number of imidazole rings is 1. The third-order valence-electron chi connectivity index (χ3n) is 4.44. The zero-order chi connectivity index (χ0) is 18.8. The van der Waals surface area contributed by atoms with Gasteiger partial charge in [0.15, 0.2) is 11.5 Å². The highest BCUT2D eigenvalue weighted by Gasteiger charge is 2.13. The van der Waals surface area contributed by atoms with Crippen LogP contribution in [0.1, 0.15) is 0 Å². The van der Waals surface area contributed by atoms with E-state index in [0.29, 0.717) is 5.82 Å². The summed E-state index contributed by atoms with van der Waals surface area (Å²) in [4.78, 5) is 11.1. The number of para-hydroxylation sites is 1. The van der Waals surface area contributed by atoms with Gasteiger partial charge in [-0.2, -0.15) is 0 Å². The summed E-state index contributed by atoms with van der Waals surface area (Å²) in [6.45, 7) is 0. The molecule has 0 unspecified atom stereocenters. The number of ether oxygens (including phenoxy) is 1. The first-order valence-corrected chi connectivity index (χ1v) is 8.67. The fraction of sp³-hybridized carbons (Fsp3) is 0.143. The van der Waals surface area contributed by atoms with Gasteiger partial charge in [0.1, 0.15) is 5.75 Å². The molecule has 0 amide bonds. The summed E-state index contributed by atoms with van der Waals surface area (Å²) in [6.07, 6.45) is 5.52. The third-order valence-corrected chi connectivity index (χ3v) is 4.44. The van der Waals surface area contributed by atoms with Crippen molar-refractivity contribution in [3.8, 4) is 17.0 Å². The molecule has 27 heavy (non-hydrogen) atoms. The van der Waals surface area contributed by atoms with E-state index in [0.717, 1.165) is 34.0 Å². The molecular weight excluding hydrogens is 338 g/mol. The van der Waals surface area contributed by atoms with Gasteiger partial charge in [-0.3, -0.25) is 4.40 Å². The number of aromatic nitrogens is 3. The molecular formula is C21H21N5O. The molecule has 0 saturated heterocycles. The van der Waals surface area contributed by atoms with E-state index < -0.39 is 0 Å². The second kappa shape index (κ2) is 6.99. The summed E-state index contributed by atoms with van der Waals surface area (Å²) in [5, 5.41) is 3.38. The highest BCUT2D eigenvalue weighted by atomic mass is 16.5. The van der Waals surface area contributed by atoms with Crippen LogP contribution in [0.3, 0.4) is 0 Å². The molecule has 0 spiro atoms. The van der Waals surface area contributed by atoms with Gasteiger partial charge in [0.25, 0.3) is 0 Å². The Labute approximate surface area is 158 Å². The maximum absolute atomic E-state index is 5.50. The van der Waals surface area contributed by atoms with Crippen LogP contribution in [-0.2, 0) is 0 Å². The van der Waals surface area contributed by atoms with Crippen molar-refractivity contribution in [2.45, 2.75) is 0 Å². The molecule has 0 fully saturated rings. The van der Waals surface area contributed by atoms with Gasteiger partial charge in [-0.1, -0.05) is 18.2 Å². The molecule has 4 aromatic rings. The van der Waals surface area contributed by atoms with Crippen molar-refractivity contribution in [2.75, 3.05) is 31.4 Å². The van der Waals surface area contributed by atoms with E-state index in [1.165, 1.54) is 0 Å². The summed E-state index contributed by atoms with van der Waals surface area (Å²) in [5.41, 5.74) is 4.77. The summed E-state index contributed by atoms with van der Waals surface area (Å²) in [7, 11) is 5.72. The molecule has 6 nitrogen and oxygen atoms in total. The summed E-state index contributed by atoms with van der Waals surface area (Å²) in [6, 6.07) is 16.1. The topological polar surface area (TPSA) is 54.7 Å². The third kappa shape index (κ3) is 3.17. The van der Waals surface area contributed by atoms with Crippen LogP contribution in [0.2, 0.25) is 0 Å². The van der Waals surface area contributed by atoms with Crippen LogP contribution in [0.25, 0.3) is 16.9 Å². The molecule has 0 saturated carbocycles. The van der Waals surface area contributed by atoms with Crippen molar-refractivity contribution in [3.05, 3.63) is 67.1 Å². The first-order valence-electron chi connectivity index (χ1n) is 8.67. The van der Waals surface area contributed by atoms with E-state index in [4.69, 9.17) is 4.74 Å². The van der Waals surface area contributed by atoms with Crippen molar-refractivity contribution in [1.29, 1.82) is 0 Å². The quantitative estimate of drug-likeness (QED) is 0.578. The Kier molecular flexibility index (Phi) is 4.38. The summed E-state index contributed by atoms with van der Waals surface area (Å²) < 4.78 is 7.52. The molecule has 0 aliphatic carbocycles. The monoisotopic (exact) mass is 359 g/mol. The molecule has 2 aromatic heterocycles. The molecule has 136 valence electrons. The molecule has 1 N–H and O–H groups in total. The number of nitrogens with zero attached hydrogens (tertiary/aromatic N) is 4. The minimum absolute atomic E-state index is 0.703. The Morgan fingerprint density at radius 1 is 1.04 bits per heavy atom. The predicted octanol–water partition coefficient (Wildman–Crippen LogP) is 4.21. The Hall–Kier alpha value is -3.54. The number of hydrogen-bond acceptors (Lipinski definition) is 5. The zero-order valence-electron chi connectivity index (χ0n) is 15.5. The van der Waals surface area contributed by atoms with Gasteiger partial charge in [-0.25, -0.2) is 9.97 Å². The van der Waals surface area contributed by atoms with Crippen LogP contribution in [0, 0.1) is 0 Å². The van der Waals surface area contributed by atoms with Gasteiger partial charge in [-0.15, -0.1) is 0 Å². The molecule has 0 atom stereocenters. The lowest BCUT2D eigenvalue weighted by molar-refractivity contribution is 0.416. The van der Waals surface area contributed by atoms with Gasteiger partial charge in [0.2, 0.25) is 0 Å². The molecule has 4 rings (SSSR count). The molecule has 2 aromatic carbocycles. The SMILES string of the molecule is COc1ccccc1-c1cnc2c(Nc3cccc(N(C)C)c3)nccn12. The highest BCUT2D eigenvalue weighted by Crippen LogP contribution is 2.31. The van der Waals surface area contributed by atoms with Crippen LogP contribution < -0.4 is 15.0 Å². The Morgan fingerprint density at radius 3 is 2.70 bits per heavy atom. The zero-order valence-corrected chi connectivity index (χ0v) is 15.5. The maximum atomic E-state index is 5.50. The van der Waals surface area contributed by atoms with Crippen LogP contribution in [0.15, 0.2) is 67.1 Å². The number of methoxy groups -OCH3 is 1. The van der Waals surface area contributed by atoms with E-state index in [1.54, 1.807) is 13.3 Å². The molecule has 0 aliphatic heterocycles. The molecule has 0 radical (unpaired) electrons. The largest absolute Gasteiger partial charge is 0.496 e. The Balaban J connectivity index is 1.76. The molecule has 0 aliphatic rings.